The number of rotatable bonds is 21. The van der Waals surface area contributed by atoms with Gasteiger partial charge >= 0.3 is 5.97 Å². The van der Waals surface area contributed by atoms with E-state index in [0.717, 1.165) is 28.6 Å². The molecule has 14 nitrogen and oxygen atoms in total. The number of benzene rings is 2. The van der Waals surface area contributed by atoms with Gasteiger partial charge in [0.1, 0.15) is 12.6 Å². The summed E-state index contributed by atoms with van der Waals surface area (Å²) >= 11 is 2.70. The maximum absolute atomic E-state index is 14.7. The molecular formula is C40H49FN7O7S3+. The van der Waals surface area contributed by atoms with E-state index in [4.69, 9.17) is 9.29 Å². The van der Waals surface area contributed by atoms with Crippen LogP contribution in [0.4, 0.5) is 26.3 Å². The highest BCUT2D eigenvalue weighted by Gasteiger charge is 2.25. The molecule has 0 aliphatic carbocycles. The molecule has 0 fully saturated rings. The van der Waals surface area contributed by atoms with Crippen molar-refractivity contribution < 1.29 is 41.6 Å². The minimum Gasteiger partial charge on any atom is -0.491 e. The van der Waals surface area contributed by atoms with Crippen molar-refractivity contribution in [3.8, 4) is 17.6 Å². The molecule has 1 unspecified atom stereocenters. The summed E-state index contributed by atoms with van der Waals surface area (Å²) < 4.78 is 53.3. The number of aryl methyl sites for hydroxylation is 2. The number of aromatic carboxylic acids is 1. The van der Waals surface area contributed by atoms with Gasteiger partial charge in [0.05, 0.1) is 43.2 Å². The number of unbranched alkanes of at least 4 members (excludes halogenated alkanes) is 1. The zero-order valence-electron chi connectivity index (χ0n) is 32.9. The van der Waals surface area contributed by atoms with Gasteiger partial charge in [0.25, 0.3) is 10.1 Å². The Morgan fingerprint density at radius 3 is 2.59 bits per heavy atom. The van der Waals surface area contributed by atoms with Crippen molar-refractivity contribution >= 4 is 70.9 Å². The molecule has 5 rings (SSSR count). The van der Waals surface area contributed by atoms with E-state index in [1.54, 1.807) is 17.0 Å². The summed E-state index contributed by atoms with van der Waals surface area (Å²) in [5, 5.41) is 34.4. The number of hydrogen-bond acceptors (Lipinski definition) is 13. The van der Waals surface area contributed by atoms with Crippen LogP contribution in [0.2, 0.25) is 0 Å². The number of ether oxygens (including phenoxy) is 1. The summed E-state index contributed by atoms with van der Waals surface area (Å²) in [6, 6.07) is 14.2. The normalized spacial score (nSPS) is 12.3. The third-order valence-electron chi connectivity index (χ3n) is 9.02. The second kappa shape index (κ2) is 20.3. The first-order valence-electron chi connectivity index (χ1n) is 18.9. The molecule has 4 N–H and O–H groups in total. The number of aliphatic hydroxyl groups is 1. The van der Waals surface area contributed by atoms with Crippen LogP contribution in [0.25, 0.3) is 10.2 Å². The molecule has 18 heteroatoms. The molecule has 3 aromatic heterocycles. The molecule has 3 heterocycles. The number of nitrogens with zero attached hydrogens (tertiary/aromatic N) is 6. The number of carboxylic acid groups (broad SMARTS) is 1. The highest BCUT2D eigenvalue weighted by Crippen LogP contribution is 2.34. The topological polar surface area (TPSA) is 188 Å². The van der Waals surface area contributed by atoms with Crippen molar-refractivity contribution in [1.82, 2.24) is 20.2 Å². The molecule has 0 spiro atoms. The fourth-order valence-electron chi connectivity index (χ4n) is 6.17. The van der Waals surface area contributed by atoms with E-state index >= 15 is 0 Å². The van der Waals surface area contributed by atoms with Gasteiger partial charge in [-0.15, -0.1) is 21.5 Å². The van der Waals surface area contributed by atoms with Crippen molar-refractivity contribution in [2.75, 3.05) is 56.3 Å². The minimum atomic E-state index is -4.07. The van der Waals surface area contributed by atoms with Crippen LogP contribution < -0.4 is 15.0 Å². The smallest absolute Gasteiger partial charge is 0.355 e. The van der Waals surface area contributed by atoms with Gasteiger partial charge in [0, 0.05) is 29.8 Å². The van der Waals surface area contributed by atoms with E-state index < -0.39 is 28.0 Å². The Balaban J connectivity index is 1.31. The molecule has 0 saturated heterocycles. The van der Waals surface area contributed by atoms with Crippen molar-refractivity contribution in [3.05, 3.63) is 76.0 Å². The number of fused-ring (bicyclic) bond motifs is 1. The molecule has 310 valence electrons. The van der Waals surface area contributed by atoms with Gasteiger partial charge < -0.3 is 29.6 Å². The zero-order chi connectivity index (χ0) is 41.9. The minimum absolute atomic E-state index is 0.0909. The summed E-state index contributed by atoms with van der Waals surface area (Å²) in [5.74, 6) is 4.91. The van der Waals surface area contributed by atoms with E-state index in [1.807, 2.05) is 58.3 Å². The lowest BCUT2D eigenvalue weighted by atomic mass is 10.1. The van der Waals surface area contributed by atoms with Crippen LogP contribution in [-0.4, -0.2) is 106 Å². The lowest BCUT2D eigenvalue weighted by molar-refractivity contribution is -0.893. The molecule has 0 saturated carbocycles. The van der Waals surface area contributed by atoms with Crippen LogP contribution in [0.3, 0.4) is 0 Å². The number of aromatic nitrogens is 4. The summed E-state index contributed by atoms with van der Waals surface area (Å²) in [4.78, 5) is 23.9. The molecular weight excluding hydrogens is 806 g/mol. The summed E-state index contributed by atoms with van der Waals surface area (Å²) in [6.45, 7) is 5.16. The van der Waals surface area contributed by atoms with E-state index in [-0.39, 0.29) is 30.2 Å². The number of halogens is 1. The van der Waals surface area contributed by atoms with E-state index in [0.29, 0.717) is 82.1 Å². The SMILES string of the molecule is CCCC#Cc1ccc(OCCCc2sc(N(CCCC(O)C[N+](C)(C)CCCS(=O)(=O)O)c3cc(C)c(Nc4nc5ccccc5s4)nn3)nc2C(=O)O)c(F)c1. The van der Waals surface area contributed by atoms with Crippen molar-refractivity contribution in [2.45, 2.75) is 64.9 Å². The van der Waals surface area contributed by atoms with Crippen LogP contribution in [-0.2, 0) is 16.5 Å². The van der Waals surface area contributed by atoms with Crippen LogP contribution in [0, 0.1) is 24.6 Å². The first-order chi connectivity index (χ1) is 27.6. The monoisotopic (exact) mass is 854 g/mol. The van der Waals surface area contributed by atoms with Gasteiger partial charge in [-0.05, 0) is 81.0 Å². The van der Waals surface area contributed by atoms with Gasteiger partial charge in [-0.3, -0.25) is 4.55 Å². The predicted octanol–water partition coefficient (Wildman–Crippen LogP) is 7.23. The Bertz CT molecular complexity index is 2330. The number of anilines is 4. The predicted molar refractivity (Wildman–Crippen MR) is 226 cm³/mol. The fourth-order valence-corrected chi connectivity index (χ4v) is 8.65. The standard InChI is InChI=1S/C40H48FN7O7S3/c1-5-6-7-13-28-18-19-32(30(41)25-28)55-22-11-17-34-36(38(50)51)43-40(57-34)47(20-10-14-29(49)26-48(3,4)21-12-23-58(52,53)54)35-24-27(2)37(46-45-35)44-39-42-31-15-8-9-16-33(31)56-39/h8-9,15-16,18-19,24-25,29,49H,5-6,10-12,14,17,20-23,26H2,1-4H3,(H2-,42,44,46,50,51,52,53,54)/p+1. The molecule has 0 aliphatic heterocycles. The number of thiazole rings is 2. The van der Waals surface area contributed by atoms with Crippen molar-refractivity contribution in [2.24, 2.45) is 0 Å². The second-order valence-corrected chi connectivity index (χ2v) is 18.2. The number of nitrogens with one attached hydrogen (secondary N) is 1. The van der Waals surface area contributed by atoms with Crippen LogP contribution in [0.15, 0.2) is 48.5 Å². The number of aliphatic hydroxyl groups excluding tert-OH is 1. The summed E-state index contributed by atoms with van der Waals surface area (Å²) in [6.07, 6.45) is 2.72. The first-order valence-corrected chi connectivity index (χ1v) is 22.2. The second-order valence-electron chi connectivity index (χ2n) is 14.5. The van der Waals surface area contributed by atoms with Crippen molar-refractivity contribution in [1.29, 1.82) is 0 Å². The molecule has 0 bridgehead atoms. The van der Waals surface area contributed by atoms with Crippen LogP contribution in [0.5, 0.6) is 5.75 Å². The maximum atomic E-state index is 14.7. The molecule has 1 atom stereocenters. The Kier molecular flexibility index (Phi) is 15.5. The van der Waals surface area contributed by atoms with E-state index in [9.17, 15) is 27.8 Å². The Morgan fingerprint density at radius 1 is 1.09 bits per heavy atom. The van der Waals surface area contributed by atoms with Gasteiger partial charge in [-0.2, -0.15) is 8.42 Å². The molecule has 58 heavy (non-hydrogen) atoms. The van der Waals surface area contributed by atoms with Crippen LogP contribution in [0.1, 0.15) is 71.9 Å². The Hall–Kier alpha value is -4.77. The molecule has 0 amide bonds. The number of likely N-dealkylation sites (N-methyl/N-ethyl adjacent to an activating group) is 1. The zero-order valence-corrected chi connectivity index (χ0v) is 35.4. The lowest BCUT2D eigenvalue weighted by Gasteiger charge is -2.32. The summed E-state index contributed by atoms with van der Waals surface area (Å²) in [5.41, 5.74) is 2.09. The van der Waals surface area contributed by atoms with Gasteiger partial charge in [-0.25, -0.2) is 19.2 Å². The number of quaternary nitrogens is 1. The summed E-state index contributed by atoms with van der Waals surface area (Å²) in [7, 11) is -0.305. The van der Waals surface area contributed by atoms with Gasteiger partial charge in [0.2, 0.25) is 0 Å². The molecule has 0 aliphatic rings. The largest absolute Gasteiger partial charge is 0.491 e. The average molecular weight is 855 g/mol. The number of hydrogen-bond donors (Lipinski definition) is 4. The number of carbonyl (C=O) groups is 1. The van der Waals surface area contributed by atoms with Crippen molar-refractivity contribution in [3.63, 3.8) is 0 Å². The average Bonchev–Trinajstić information content (AvgIpc) is 3.77. The molecule has 5 aromatic rings. The Labute approximate surface area is 346 Å². The third kappa shape index (κ3) is 13.1. The molecule has 2 aromatic carbocycles. The molecule has 0 radical (unpaired) electrons. The first kappa shape index (κ1) is 44.3. The van der Waals surface area contributed by atoms with Gasteiger partial charge in [0.15, 0.2) is 39.2 Å². The Morgan fingerprint density at radius 2 is 1.88 bits per heavy atom. The van der Waals surface area contributed by atoms with Crippen LogP contribution >= 0.6 is 22.7 Å². The third-order valence-corrected chi connectivity index (χ3v) is 11.9. The fraction of sp³-hybridized carbons (Fsp3) is 0.425. The highest BCUT2D eigenvalue weighted by atomic mass is 32.2. The number of carboxylic acids is 1. The number of para-hydroxylation sites is 1. The lowest BCUT2D eigenvalue weighted by Crippen LogP contribution is -2.46. The van der Waals surface area contributed by atoms with Gasteiger partial charge in [-0.1, -0.05) is 42.2 Å². The maximum Gasteiger partial charge on any atom is 0.355 e. The quantitative estimate of drug-likeness (QED) is 0.0251. The van der Waals surface area contributed by atoms with E-state index in [1.165, 1.54) is 28.7 Å². The van der Waals surface area contributed by atoms with E-state index in [2.05, 4.69) is 37.3 Å². The highest BCUT2D eigenvalue weighted by molar-refractivity contribution is 7.85.